The molecule has 5 heteroatoms. The van der Waals surface area contributed by atoms with Gasteiger partial charge in [-0.1, -0.05) is 13.3 Å². The minimum Gasteiger partial charge on any atom is -0.315 e. The third kappa shape index (κ3) is 3.31. The highest BCUT2D eigenvalue weighted by Crippen LogP contribution is 2.38. The summed E-state index contributed by atoms with van der Waals surface area (Å²) in [4.78, 5) is 0. The lowest BCUT2D eigenvalue weighted by Gasteiger charge is -2.38. The lowest BCUT2D eigenvalue weighted by atomic mass is 9.94. The first-order valence-electron chi connectivity index (χ1n) is 7.78. The van der Waals surface area contributed by atoms with Gasteiger partial charge in [-0.3, -0.25) is 0 Å². The fourth-order valence-corrected chi connectivity index (χ4v) is 5.37. The lowest BCUT2D eigenvalue weighted by Crippen LogP contribution is -2.50. The highest BCUT2D eigenvalue weighted by molar-refractivity contribution is 7.89. The highest BCUT2D eigenvalue weighted by Gasteiger charge is 2.42. The van der Waals surface area contributed by atoms with Gasteiger partial charge in [-0.25, -0.2) is 8.42 Å². The maximum Gasteiger partial charge on any atom is 0.218 e. The molecular formula is C14H28N2O2S. The number of piperidine rings is 1. The average molecular weight is 288 g/mol. The molecule has 3 unspecified atom stereocenters. The summed E-state index contributed by atoms with van der Waals surface area (Å²) in [6.45, 7) is 6.15. The number of hydrogen-bond acceptors (Lipinski definition) is 3. The fourth-order valence-electron chi connectivity index (χ4n) is 3.54. The van der Waals surface area contributed by atoms with Gasteiger partial charge in [0.25, 0.3) is 0 Å². The summed E-state index contributed by atoms with van der Waals surface area (Å²) in [6, 6.07) is 0.298. The molecule has 0 aromatic heterocycles. The van der Waals surface area contributed by atoms with Crippen molar-refractivity contribution in [3.8, 4) is 0 Å². The van der Waals surface area contributed by atoms with Gasteiger partial charge in [0.05, 0.1) is 5.25 Å². The van der Waals surface area contributed by atoms with Crippen LogP contribution in [-0.4, -0.2) is 43.6 Å². The molecule has 112 valence electrons. The van der Waals surface area contributed by atoms with Gasteiger partial charge in [0.15, 0.2) is 0 Å². The molecule has 4 nitrogen and oxygen atoms in total. The van der Waals surface area contributed by atoms with E-state index >= 15 is 0 Å². The van der Waals surface area contributed by atoms with E-state index in [-0.39, 0.29) is 5.25 Å². The molecule has 1 saturated heterocycles. The van der Waals surface area contributed by atoms with E-state index in [1.165, 1.54) is 19.3 Å². The Morgan fingerprint density at radius 1 is 1.26 bits per heavy atom. The van der Waals surface area contributed by atoms with Crippen LogP contribution in [0, 0.1) is 5.92 Å². The number of nitrogens with one attached hydrogen (secondary N) is 1. The molecule has 0 aromatic rings. The Morgan fingerprint density at radius 2 is 2.00 bits per heavy atom. The van der Waals surface area contributed by atoms with E-state index in [0.717, 1.165) is 32.4 Å². The summed E-state index contributed by atoms with van der Waals surface area (Å²) in [7, 11) is -3.13. The minimum absolute atomic E-state index is 0.298. The van der Waals surface area contributed by atoms with E-state index in [1.54, 1.807) is 0 Å². The van der Waals surface area contributed by atoms with E-state index in [0.29, 0.717) is 18.5 Å². The van der Waals surface area contributed by atoms with Crippen molar-refractivity contribution in [3.05, 3.63) is 0 Å². The largest absolute Gasteiger partial charge is 0.315 e. The number of rotatable bonds is 6. The molecule has 2 fully saturated rings. The normalized spacial score (nSPS) is 30.2. The van der Waals surface area contributed by atoms with Crippen molar-refractivity contribution in [3.63, 3.8) is 0 Å². The van der Waals surface area contributed by atoms with Gasteiger partial charge < -0.3 is 5.32 Å². The van der Waals surface area contributed by atoms with Crippen molar-refractivity contribution in [2.75, 3.05) is 19.6 Å². The monoisotopic (exact) mass is 288 g/mol. The van der Waals surface area contributed by atoms with Gasteiger partial charge in [-0.15, -0.1) is 0 Å². The Kier molecular flexibility index (Phi) is 5.26. The zero-order valence-corrected chi connectivity index (χ0v) is 13.1. The Hall–Kier alpha value is -0.130. The summed E-state index contributed by atoms with van der Waals surface area (Å²) in [5.41, 5.74) is 0. The van der Waals surface area contributed by atoms with E-state index in [4.69, 9.17) is 0 Å². The molecule has 1 saturated carbocycles. The van der Waals surface area contributed by atoms with Crippen LogP contribution in [0.2, 0.25) is 0 Å². The van der Waals surface area contributed by atoms with Gasteiger partial charge in [-0.2, -0.15) is 4.31 Å². The zero-order chi connectivity index (χ0) is 13.9. The van der Waals surface area contributed by atoms with Gasteiger partial charge in [0.2, 0.25) is 10.0 Å². The van der Waals surface area contributed by atoms with Crippen LogP contribution in [0.25, 0.3) is 0 Å². The van der Waals surface area contributed by atoms with E-state index in [2.05, 4.69) is 12.2 Å². The predicted molar refractivity (Wildman–Crippen MR) is 78.6 cm³/mol. The molecule has 0 aromatic carbocycles. The molecule has 1 heterocycles. The predicted octanol–water partition coefficient (Wildman–Crippen LogP) is 1.97. The van der Waals surface area contributed by atoms with Crippen LogP contribution in [0.4, 0.5) is 0 Å². The first kappa shape index (κ1) is 15.3. The van der Waals surface area contributed by atoms with Gasteiger partial charge in [0.1, 0.15) is 0 Å². The Balaban J connectivity index is 2.01. The molecule has 0 bridgehead atoms. The lowest BCUT2D eigenvalue weighted by molar-refractivity contribution is 0.200. The first-order valence-corrected chi connectivity index (χ1v) is 9.29. The van der Waals surface area contributed by atoms with Crippen LogP contribution in [0.5, 0.6) is 0 Å². The molecule has 1 N–H and O–H groups in total. The van der Waals surface area contributed by atoms with Gasteiger partial charge in [-0.05, 0) is 51.5 Å². The summed E-state index contributed by atoms with van der Waals surface area (Å²) in [5, 5.41) is 2.93. The number of sulfonamides is 1. The van der Waals surface area contributed by atoms with E-state index < -0.39 is 10.0 Å². The SMILES string of the molecule is CCCNCC(C)S(=O)(=O)N1CCCC2CCCC21. The number of nitrogens with zero attached hydrogens (tertiary/aromatic N) is 1. The van der Waals surface area contributed by atoms with Crippen molar-refractivity contribution in [2.24, 2.45) is 5.92 Å². The van der Waals surface area contributed by atoms with Crippen LogP contribution in [0.1, 0.15) is 52.4 Å². The minimum atomic E-state index is -3.13. The van der Waals surface area contributed by atoms with E-state index in [9.17, 15) is 8.42 Å². The Bertz CT molecular complexity index is 383. The Morgan fingerprint density at radius 3 is 2.74 bits per heavy atom. The Labute approximate surface area is 118 Å². The molecule has 1 aliphatic carbocycles. The third-order valence-corrected chi connectivity index (χ3v) is 6.93. The molecule has 0 spiro atoms. The fraction of sp³-hybridized carbons (Fsp3) is 1.00. The maximum absolute atomic E-state index is 12.7. The summed E-state index contributed by atoms with van der Waals surface area (Å²) in [5.74, 6) is 0.624. The zero-order valence-electron chi connectivity index (χ0n) is 12.3. The smallest absolute Gasteiger partial charge is 0.218 e. The summed E-state index contributed by atoms with van der Waals surface area (Å²) < 4.78 is 27.3. The first-order chi connectivity index (χ1) is 9.07. The summed E-state index contributed by atoms with van der Waals surface area (Å²) in [6.07, 6.45) is 6.79. The van der Waals surface area contributed by atoms with E-state index in [1.807, 2.05) is 11.2 Å². The van der Waals surface area contributed by atoms with Gasteiger partial charge in [0, 0.05) is 19.1 Å². The van der Waals surface area contributed by atoms with Crippen molar-refractivity contribution >= 4 is 10.0 Å². The molecule has 2 rings (SSSR count). The molecule has 0 amide bonds. The average Bonchev–Trinajstić information content (AvgIpc) is 2.86. The van der Waals surface area contributed by atoms with Crippen molar-refractivity contribution in [1.29, 1.82) is 0 Å². The highest BCUT2D eigenvalue weighted by atomic mass is 32.2. The molecule has 3 atom stereocenters. The van der Waals surface area contributed by atoms with Crippen LogP contribution in [0.3, 0.4) is 0 Å². The molecule has 2 aliphatic rings. The number of fused-ring (bicyclic) bond motifs is 1. The van der Waals surface area contributed by atoms with Crippen molar-refractivity contribution in [1.82, 2.24) is 9.62 Å². The topological polar surface area (TPSA) is 49.4 Å². The van der Waals surface area contributed by atoms with Crippen molar-refractivity contribution in [2.45, 2.75) is 63.7 Å². The van der Waals surface area contributed by atoms with Crippen LogP contribution < -0.4 is 5.32 Å². The second kappa shape index (κ2) is 6.55. The molecular weight excluding hydrogens is 260 g/mol. The second-order valence-electron chi connectivity index (χ2n) is 6.07. The van der Waals surface area contributed by atoms with Crippen molar-refractivity contribution < 1.29 is 8.42 Å². The van der Waals surface area contributed by atoms with Gasteiger partial charge >= 0.3 is 0 Å². The summed E-state index contributed by atoms with van der Waals surface area (Å²) >= 11 is 0. The molecule has 0 radical (unpaired) electrons. The van der Waals surface area contributed by atoms with Crippen LogP contribution in [0.15, 0.2) is 0 Å². The molecule has 1 aliphatic heterocycles. The third-order valence-electron chi connectivity index (χ3n) is 4.64. The van der Waals surface area contributed by atoms with Crippen LogP contribution in [-0.2, 0) is 10.0 Å². The standard InChI is InChI=1S/C14H28N2O2S/c1-3-9-15-11-12(2)19(17,18)16-10-5-7-13-6-4-8-14(13)16/h12-15H,3-11H2,1-2H3. The molecule has 19 heavy (non-hydrogen) atoms. The quantitative estimate of drug-likeness (QED) is 0.760. The second-order valence-corrected chi connectivity index (χ2v) is 8.37. The van der Waals surface area contributed by atoms with Crippen LogP contribution >= 0.6 is 0 Å². The number of hydrogen-bond donors (Lipinski definition) is 1. The maximum atomic E-state index is 12.7.